The summed E-state index contributed by atoms with van der Waals surface area (Å²) >= 11 is 9.27. The first kappa shape index (κ1) is 15.9. The van der Waals surface area contributed by atoms with Crippen LogP contribution in [0.2, 0.25) is 5.02 Å². The number of carbonyl (C=O) groups is 1. The molecule has 0 saturated heterocycles. The highest BCUT2D eigenvalue weighted by Gasteiger charge is 2.18. The Kier molecular flexibility index (Phi) is 5.65. The van der Waals surface area contributed by atoms with Gasteiger partial charge in [-0.1, -0.05) is 40.5 Å². The third-order valence-electron chi connectivity index (χ3n) is 2.85. The van der Waals surface area contributed by atoms with Gasteiger partial charge in [-0.15, -0.1) is 0 Å². The molecular formula is C16H15BrClNO2. The van der Waals surface area contributed by atoms with Crippen LogP contribution >= 0.6 is 27.5 Å². The largest absolute Gasteiger partial charge is 0.481 e. The molecule has 0 bridgehead atoms. The first-order chi connectivity index (χ1) is 10.1. The van der Waals surface area contributed by atoms with E-state index in [-0.39, 0.29) is 5.91 Å². The van der Waals surface area contributed by atoms with E-state index in [2.05, 4.69) is 21.2 Å². The topological polar surface area (TPSA) is 38.3 Å². The molecule has 0 spiro atoms. The molecule has 0 aliphatic heterocycles. The summed E-state index contributed by atoms with van der Waals surface area (Å²) in [5.41, 5.74) is 0.733. The average molecular weight is 369 g/mol. The minimum Gasteiger partial charge on any atom is -0.481 e. The van der Waals surface area contributed by atoms with Gasteiger partial charge >= 0.3 is 0 Å². The fourth-order valence-electron chi connectivity index (χ4n) is 1.78. The number of anilines is 1. The Morgan fingerprint density at radius 2 is 2.00 bits per heavy atom. The third kappa shape index (κ3) is 4.76. The van der Waals surface area contributed by atoms with E-state index >= 15 is 0 Å². The van der Waals surface area contributed by atoms with Gasteiger partial charge in [-0.05, 0) is 48.9 Å². The molecule has 0 aromatic heterocycles. The molecule has 0 aliphatic carbocycles. The van der Waals surface area contributed by atoms with Crippen LogP contribution in [-0.2, 0) is 4.79 Å². The number of amides is 1. The van der Waals surface area contributed by atoms with Crippen molar-refractivity contribution in [2.45, 2.75) is 19.4 Å². The number of hydrogen-bond acceptors (Lipinski definition) is 2. The predicted octanol–water partition coefficient (Wildman–Crippen LogP) is 4.90. The fourth-order valence-corrected chi connectivity index (χ4v) is 2.23. The van der Waals surface area contributed by atoms with Crippen LogP contribution in [0.1, 0.15) is 13.3 Å². The van der Waals surface area contributed by atoms with Crippen LogP contribution in [0.15, 0.2) is 53.0 Å². The summed E-state index contributed by atoms with van der Waals surface area (Å²) in [6.07, 6.45) is 0.00150. The van der Waals surface area contributed by atoms with E-state index in [9.17, 15) is 4.79 Å². The van der Waals surface area contributed by atoms with Crippen molar-refractivity contribution in [1.82, 2.24) is 0 Å². The lowest BCUT2D eigenvalue weighted by Crippen LogP contribution is -2.32. The van der Waals surface area contributed by atoms with Crippen LogP contribution in [0.25, 0.3) is 0 Å². The van der Waals surface area contributed by atoms with Crippen molar-refractivity contribution < 1.29 is 9.53 Å². The van der Waals surface area contributed by atoms with Crippen LogP contribution in [0, 0.1) is 0 Å². The van der Waals surface area contributed by atoms with Gasteiger partial charge in [-0.25, -0.2) is 0 Å². The van der Waals surface area contributed by atoms with E-state index < -0.39 is 6.10 Å². The van der Waals surface area contributed by atoms with Gasteiger partial charge in [-0.3, -0.25) is 4.79 Å². The van der Waals surface area contributed by atoms with Gasteiger partial charge in [0, 0.05) is 15.2 Å². The zero-order valence-corrected chi connectivity index (χ0v) is 13.8. The van der Waals surface area contributed by atoms with Crippen molar-refractivity contribution in [2.24, 2.45) is 0 Å². The van der Waals surface area contributed by atoms with Gasteiger partial charge in [-0.2, -0.15) is 0 Å². The minimum absolute atomic E-state index is 0.181. The maximum Gasteiger partial charge on any atom is 0.265 e. The molecule has 1 N–H and O–H groups in total. The van der Waals surface area contributed by atoms with Crippen LogP contribution in [-0.4, -0.2) is 12.0 Å². The smallest absolute Gasteiger partial charge is 0.265 e. The van der Waals surface area contributed by atoms with Crippen molar-refractivity contribution in [2.75, 3.05) is 5.32 Å². The lowest BCUT2D eigenvalue weighted by atomic mass is 10.2. The minimum atomic E-state index is -0.563. The second kappa shape index (κ2) is 7.48. The Morgan fingerprint density at radius 1 is 1.29 bits per heavy atom. The molecule has 5 heteroatoms. The molecule has 0 unspecified atom stereocenters. The molecule has 3 nitrogen and oxygen atoms in total. The van der Waals surface area contributed by atoms with E-state index in [0.717, 1.165) is 10.2 Å². The van der Waals surface area contributed by atoms with Crippen molar-refractivity contribution in [3.8, 4) is 5.75 Å². The summed E-state index contributed by atoms with van der Waals surface area (Å²) in [7, 11) is 0. The molecule has 2 aromatic carbocycles. The zero-order valence-electron chi connectivity index (χ0n) is 11.5. The van der Waals surface area contributed by atoms with Crippen LogP contribution in [0.4, 0.5) is 5.69 Å². The lowest BCUT2D eigenvalue weighted by molar-refractivity contribution is -0.122. The number of ether oxygens (including phenoxy) is 1. The zero-order chi connectivity index (χ0) is 15.2. The molecule has 0 aliphatic rings. The summed E-state index contributed by atoms with van der Waals surface area (Å²) in [6.45, 7) is 1.90. The van der Waals surface area contributed by atoms with Crippen LogP contribution < -0.4 is 10.1 Å². The molecule has 2 aromatic rings. The quantitative estimate of drug-likeness (QED) is 0.815. The molecule has 1 amide bonds. The number of benzene rings is 2. The standard InChI is InChI=1S/C16H15BrClNO2/c1-2-15(21-14-5-3-4-12(18)10-14)16(20)19-13-8-6-11(17)7-9-13/h3-10,15H,2H2,1H3,(H,19,20)/t15-/m1/s1. The van der Waals surface area contributed by atoms with E-state index in [1.807, 2.05) is 31.2 Å². The molecule has 21 heavy (non-hydrogen) atoms. The van der Waals surface area contributed by atoms with E-state index in [0.29, 0.717) is 17.2 Å². The number of carbonyl (C=O) groups excluding carboxylic acids is 1. The SMILES string of the molecule is CC[C@@H](Oc1cccc(Cl)c1)C(=O)Nc1ccc(Br)cc1. The van der Waals surface area contributed by atoms with Crippen molar-refractivity contribution in [3.05, 3.63) is 58.0 Å². The summed E-state index contributed by atoms with van der Waals surface area (Å²) in [6, 6.07) is 14.4. The van der Waals surface area contributed by atoms with Gasteiger partial charge in [0.2, 0.25) is 0 Å². The Labute approximate surface area is 137 Å². The van der Waals surface area contributed by atoms with E-state index in [1.54, 1.807) is 24.3 Å². The normalized spacial score (nSPS) is 11.8. The van der Waals surface area contributed by atoms with Gasteiger partial charge in [0.15, 0.2) is 6.10 Å². The third-order valence-corrected chi connectivity index (χ3v) is 3.61. The fraction of sp³-hybridized carbons (Fsp3) is 0.188. The number of hydrogen-bond donors (Lipinski definition) is 1. The Balaban J connectivity index is 2.03. The number of nitrogens with one attached hydrogen (secondary N) is 1. The van der Waals surface area contributed by atoms with Crippen LogP contribution in [0.5, 0.6) is 5.75 Å². The monoisotopic (exact) mass is 367 g/mol. The molecule has 0 heterocycles. The molecule has 0 saturated carbocycles. The summed E-state index contributed by atoms with van der Waals surface area (Å²) < 4.78 is 6.66. The lowest BCUT2D eigenvalue weighted by Gasteiger charge is -2.17. The van der Waals surface area contributed by atoms with Gasteiger partial charge in [0.1, 0.15) is 5.75 Å². The van der Waals surface area contributed by atoms with Crippen molar-refractivity contribution in [3.63, 3.8) is 0 Å². The number of halogens is 2. The molecule has 1 atom stereocenters. The molecule has 2 rings (SSSR count). The first-order valence-electron chi connectivity index (χ1n) is 6.57. The van der Waals surface area contributed by atoms with Gasteiger partial charge in [0.25, 0.3) is 5.91 Å². The molecule has 110 valence electrons. The summed E-state index contributed by atoms with van der Waals surface area (Å²) in [5.74, 6) is 0.403. The number of rotatable bonds is 5. The Morgan fingerprint density at radius 3 is 2.62 bits per heavy atom. The Bertz CT molecular complexity index is 616. The van der Waals surface area contributed by atoms with Crippen molar-refractivity contribution in [1.29, 1.82) is 0 Å². The predicted molar refractivity (Wildman–Crippen MR) is 88.9 cm³/mol. The molecular weight excluding hydrogens is 354 g/mol. The molecule has 0 fully saturated rings. The van der Waals surface area contributed by atoms with Crippen LogP contribution in [0.3, 0.4) is 0 Å². The second-order valence-corrected chi connectivity index (χ2v) is 5.82. The highest BCUT2D eigenvalue weighted by atomic mass is 79.9. The van der Waals surface area contributed by atoms with Gasteiger partial charge in [0.05, 0.1) is 0 Å². The average Bonchev–Trinajstić information content (AvgIpc) is 2.47. The summed E-state index contributed by atoms with van der Waals surface area (Å²) in [5, 5.41) is 3.42. The van der Waals surface area contributed by atoms with Gasteiger partial charge < -0.3 is 10.1 Å². The maximum atomic E-state index is 12.2. The van der Waals surface area contributed by atoms with E-state index in [1.165, 1.54) is 0 Å². The highest BCUT2D eigenvalue weighted by Crippen LogP contribution is 2.20. The first-order valence-corrected chi connectivity index (χ1v) is 7.74. The summed E-state index contributed by atoms with van der Waals surface area (Å²) in [4.78, 5) is 12.2. The van der Waals surface area contributed by atoms with Crippen molar-refractivity contribution >= 4 is 39.1 Å². The molecule has 0 radical (unpaired) electrons. The highest BCUT2D eigenvalue weighted by molar-refractivity contribution is 9.10. The van der Waals surface area contributed by atoms with E-state index in [4.69, 9.17) is 16.3 Å². The second-order valence-electron chi connectivity index (χ2n) is 4.47. The maximum absolute atomic E-state index is 12.2. The Hall–Kier alpha value is -1.52.